The van der Waals surface area contributed by atoms with Gasteiger partial charge >= 0.3 is 6.18 Å². The second-order valence-corrected chi connectivity index (χ2v) is 9.60. The molecule has 2 aromatic carbocycles. The van der Waals surface area contributed by atoms with Crippen LogP contribution in [0, 0.1) is 11.8 Å². The number of hydrogen-bond donors (Lipinski definition) is 3. The molecular formula is C27H31F3N4O3. The molecule has 10 heteroatoms. The Kier molecular flexibility index (Phi) is 9.20. The molecule has 3 atom stereocenters. The highest BCUT2D eigenvalue weighted by atomic mass is 19.4. The zero-order chi connectivity index (χ0) is 27.2. The minimum absolute atomic E-state index is 0.00815. The Morgan fingerprint density at radius 3 is 2.41 bits per heavy atom. The molecule has 2 amide bonds. The number of benzene rings is 2. The van der Waals surface area contributed by atoms with Gasteiger partial charge in [-0.2, -0.15) is 13.2 Å². The van der Waals surface area contributed by atoms with Crippen LogP contribution in [0.15, 0.2) is 54.7 Å². The summed E-state index contributed by atoms with van der Waals surface area (Å²) < 4.78 is 39.7. The number of carbonyl (C=O) groups excluding carboxylic acids is 2. The molecular weight excluding hydrogens is 485 g/mol. The molecule has 0 spiro atoms. The van der Waals surface area contributed by atoms with Crippen LogP contribution in [0.4, 0.5) is 13.2 Å². The first kappa shape index (κ1) is 28.0. The molecule has 0 fully saturated rings. The number of aliphatic hydroxyl groups is 1. The van der Waals surface area contributed by atoms with E-state index in [4.69, 9.17) is 5.73 Å². The number of primary amides is 1. The first-order valence-corrected chi connectivity index (χ1v) is 12.1. The van der Waals surface area contributed by atoms with Crippen molar-refractivity contribution in [1.82, 2.24) is 15.3 Å². The van der Waals surface area contributed by atoms with E-state index in [9.17, 15) is 27.9 Å². The number of halogens is 3. The van der Waals surface area contributed by atoms with Crippen LogP contribution in [0.1, 0.15) is 54.7 Å². The van der Waals surface area contributed by atoms with Gasteiger partial charge in [-0.15, -0.1) is 0 Å². The van der Waals surface area contributed by atoms with Crippen LogP contribution in [0.25, 0.3) is 11.0 Å². The quantitative estimate of drug-likeness (QED) is 0.352. The fourth-order valence-electron chi connectivity index (χ4n) is 4.09. The molecule has 0 aliphatic heterocycles. The topological polar surface area (TPSA) is 118 Å². The molecule has 3 unspecified atom stereocenters. The van der Waals surface area contributed by atoms with Crippen LogP contribution in [-0.4, -0.2) is 39.0 Å². The van der Waals surface area contributed by atoms with Crippen molar-refractivity contribution in [2.24, 2.45) is 17.6 Å². The molecule has 7 nitrogen and oxygen atoms in total. The Bertz CT molecular complexity index is 1230. The van der Waals surface area contributed by atoms with Gasteiger partial charge in [-0.1, -0.05) is 50.6 Å². The van der Waals surface area contributed by atoms with Crippen molar-refractivity contribution in [1.29, 1.82) is 0 Å². The Morgan fingerprint density at radius 1 is 1.05 bits per heavy atom. The summed E-state index contributed by atoms with van der Waals surface area (Å²) in [5.41, 5.74) is 6.06. The van der Waals surface area contributed by atoms with E-state index in [-0.39, 0.29) is 24.1 Å². The highest BCUT2D eigenvalue weighted by Crippen LogP contribution is 2.30. The third-order valence-electron chi connectivity index (χ3n) is 6.19. The molecule has 4 N–H and O–H groups in total. The number of fused-ring (bicyclic) bond motifs is 1. The second kappa shape index (κ2) is 12.1. The van der Waals surface area contributed by atoms with Crippen molar-refractivity contribution in [2.45, 2.75) is 57.9 Å². The molecule has 3 rings (SSSR count). The van der Waals surface area contributed by atoms with E-state index in [0.29, 0.717) is 29.8 Å². The van der Waals surface area contributed by atoms with Crippen LogP contribution in [0.5, 0.6) is 0 Å². The molecule has 1 aromatic heterocycles. The first-order valence-electron chi connectivity index (χ1n) is 12.1. The first-order chi connectivity index (χ1) is 17.4. The largest absolute Gasteiger partial charge is 0.416 e. The summed E-state index contributed by atoms with van der Waals surface area (Å²) in [6, 6.07) is 10.6. The summed E-state index contributed by atoms with van der Waals surface area (Å²) in [5, 5.41) is 13.8. The number of aliphatic hydroxyl groups excluding tert-OH is 1. The van der Waals surface area contributed by atoms with E-state index < -0.39 is 41.6 Å². The normalized spacial score (nSPS) is 14.4. The van der Waals surface area contributed by atoms with E-state index >= 15 is 0 Å². The van der Waals surface area contributed by atoms with Gasteiger partial charge in [0.15, 0.2) is 0 Å². The SMILES string of the molecule is CC(C)CCC(CC(O)C(Cc1cccc(C(F)(F)F)c1)NC(=O)c1cnc2ccccc2n1)C(N)=O. The maximum atomic E-state index is 13.2. The molecule has 0 aliphatic rings. The fraction of sp³-hybridized carbons (Fsp3) is 0.407. The van der Waals surface area contributed by atoms with Gasteiger partial charge < -0.3 is 16.2 Å². The minimum Gasteiger partial charge on any atom is -0.391 e. The van der Waals surface area contributed by atoms with Crippen molar-refractivity contribution in [3.8, 4) is 0 Å². The molecule has 37 heavy (non-hydrogen) atoms. The van der Waals surface area contributed by atoms with Gasteiger partial charge in [0.05, 0.1) is 34.9 Å². The van der Waals surface area contributed by atoms with Gasteiger partial charge in [0, 0.05) is 5.92 Å². The summed E-state index contributed by atoms with van der Waals surface area (Å²) in [6.07, 6.45) is -3.50. The van der Waals surface area contributed by atoms with E-state index in [0.717, 1.165) is 12.1 Å². The van der Waals surface area contributed by atoms with Gasteiger partial charge in [-0.3, -0.25) is 14.6 Å². The van der Waals surface area contributed by atoms with Gasteiger partial charge in [0.25, 0.3) is 5.91 Å². The van der Waals surface area contributed by atoms with E-state index in [1.807, 2.05) is 13.8 Å². The third-order valence-corrected chi connectivity index (χ3v) is 6.19. The maximum Gasteiger partial charge on any atom is 0.416 e. The number of para-hydroxylation sites is 2. The number of nitrogens with zero attached hydrogens (tertiary/aromatic N) is 2. The predicted molar refractivity (Wildman–Crippen MR) is 133 cm³/mol. The molecule has 3 aromatic rings. The lowest BCUT2D eigenvalue weighted by molar-refractivity contribution is -0.137. The number of aromatic nitrogens is 2. The molecule has 0 saturated heterocycles. The Hall–Kier alpha value is -3.53. The number of amides is 2. The molecule has 198 valence electrons. The summed E-state index contributed by atoms with van der Waals surface area (Å²) in [5.74, 6) is -1.57. The standard InChI is InChI=1S/C27H31F3N4O3/c1-16(2)10-11-18(25(31)36)14-24(35)22(13-17-6-5-7-19(12-17)27(28,29)30)34-26(37)23-15-32-20-8-3-4-9-21(20)33-23/h3-9,12,15-16,18,22,24,35H,10-11,13-14H2,1-2H3,(H2,31,36)(H,34,37). The van der Waals surface area contributed by atoms with Crippen molar-refractivity contribution < 1.29 is 27.9 Å². The number of hydrogen-bond acceptors (Lipinski definition) is 5. The van der Waals surface area contributed by atoms with Gasteiger partial charge in [0.2, 0.25) is 5.91 Å². The van der Waals surface area contributed by atoms with Crippen LogP contribution in [0.2, 0.25) is 0 Å². The van der Waals surface area contributed by atoms with Gasteiger partial charge in [-0.05, 0) is 48.9 Å². The van der Waals surface area contributed by atoms with Crippen molar-refractivity contribution in [3.05, 3.63) is 71.5 Å². The number of rotatable bonds is 11. The zero-order valence-electron chi connectivity index (χ0n) is 20.7. The third kappa shape index (κ3) is 7.98. The Labute approximate surface area is 213 Å². The van der Waals surface area contributed by atoms with Gasteiger partial charge in [0.1, 0.15) is 5.69 Å². The minimum atomic E-state index is -4.54. The van der Waals surface area contributed by atoms with Crippen LogP contribution >= 0.6 is 0 Å². The fourth-order valence-corrected chi connectivity index (χ4v) is 4.09. The molecule has 0 saturated carbocycles. The van der Waals surface area contributed by atoms with Crippen LogP contribution < -0.4 is 11.1 Å². The molecule has 1 heterocycles. The summed E-state index contributed by atoms with van der Waals surface area (Å²) in [4.78, 5) is 33.6. The average molecular weight is 517 g/mol. The van der Waals surface area contributed by atoms with E-state index in [1.54, 1.807) is 24.3 Å². The van der Waals surface area contributed by atoms with E-state index in [2.05, 4.69) is 15.3 Å². The highest BCUT2D eigenvalue weighted by molar-refractivity contribution is 5.94. The number of carbonyl (C=O) groups is 2. The lowest BCUT2D eigenvalue weighted by atomic mass is 9.88. The molecule has 0 bridgehead atoms. The molecule has 0 aliphatic carbocycles. The smallest absolute Gasteiger partial charge is 0.391 e. The summed E-state index contributed by atoms with van der Waals surface area (Å²) in [6.45, 7) is 3.99. The molecule has 0 radical (unpaired) electrons. The average Bonchev–Trinajstić information content (AvgIpc) is 2.85. The number of alkyl halides is 3. The second-order valence-electron chi connectivity index (χ2n) is 9.60. The van der Waals surface area contributed by atoms with Crippen molar-refractivity contribution in [3.63, 3.8) is 0 Å². The lowest BCUT2D eigenvalue weighted by Gasteiger charge is -2.27. The van der Waals surface area contributed by atoms with Crippen LogP contribution in [-0.2, 0) is 17.4 Å². The summed E-state index contributed by atoms with van der Waals surface area (Å²) in [7, 11) is 0. The zero-order valence-corrected chi connectivity index (χ0v) is 20.7. The Morgan fingerprint density at radius 2 is 1.76 bits per heavy atom. The highest BCUT2D eigenvalue weighted by Gasteiger charge is 2.32. The predicted octanol–water partition coefficient (Wildman–Crippen LogP) is 4.28. The number of nitrogens with two attached hydrogens (primary N) is 1. The van der Waals surface area contributed by atoms with Gasteiger partial charge in [-0.25, -0.2) is 4.98 Å². The maximum absolute atomic E-state index is 13.2. The van der Waals surface area contributed by atoms with Crippen LogP contribution in [0.3, 0.4) is 0 Å². The summed E-state index contributed by atoms with van der Waals surface area (Å²) >= 11 is 0. The van der Waals surface area contributed by atoms with Crippen molar-refractivity contribution in [2.75, 3.05) is 0 Å². The Balaban J connectivity index is 1.86. The van der Waals surface area contributed by atoms with Crippen molar-refractivity contribution >= 4 is 22.8 Å². The monoisotopic (exact) mass is 516 g/mol. The van der Waals surface area contributed by atoms with E-state index in [1.165, 1.54) is 18.3 Å². The lowest BCUT2D eigenvalue weighted by Crippen LogP contribution is -2.46. The number of nitrogens with one attached hydrogen (secondary N) is 1.